The van der Waals surface area contributed by atoms with Crippen molar-refractivity contribution in [3.8, 4) is 23.0 Å². The van der Waals surface area contributed by atoms with Gasteiger partial charge in [-0.25, -0.2) is 0 Å². The molecule has 2 aliphatic heterocycles. The SMILES string of the molecule is C=CCOc1ccc(C2COc3c(ccc4c3CCC(C)(C)O4)C2)c(O)c1. The van der Waals surface area contributed by atoms with Gasteiger partial charge in [0.25, 0.3) is 0 Å². The minimum absolute atomic E-state index is 0.116. The molecular weight excluding hydrogens is 340 g/mol. The third-order valence-electron chi connectivity index (χ3n) is 5.37. The quantitative estimate of drug-likeness (QED) is 0.791. The van der Waals surface area contributed by atoms with E-state index in [1.54, 1.807) is 12.1 Å². The summed E-state index contributed by atoms with van der Waals surface area (Å²) in [5.41, 5.74) is 3.13. The number of ether oxygens (including phenoxy) is 3. The highest BCUT2D eigenvalue weighted by Gasteiger charge is 2.32. The van der Waals surface area contributed by atoms with E-state index in [0.717, 1.165) is 36.3 Å². The predicted octanol–water partition coefficient (Wildman–Crippen LogP) is 4.78. The zero-order valence-electron chi connectivity index (χ0n) is 16.0. The first-order valence-electron chi connectivity index (χ1n) is 9.50. The third-order valence-corrected chi connectivity index (χ3v) is 5.37. The lowest BCUT2D eigenvalue weighted by Gasteiger charge is -2.35. The summed E-state index contributed by atoms with van der Waals surface area (Å²) in [6.45, 7) is 8.85. The van der Waals surface area contributed by atoms with Crippen LogP contribution in [0.2, 0.25) is 0 Å². The van der Waals surface area contributed by atoms with Gasteiger partial charge >= 0.3 is 0 Å². The van der Waals surface area contributed by atoms with Crippen LogP contribution < -0.4 is 14.2 Å². The fraction of sp³-hybridized carbons (Fsp3) is 0.391. The normalized spacial score (nSPS) is 19.9. The van der Waals surface area contributed by atoms with Crippen LogP contribution in [0, 0.1) is 0 Å². The second kappa shape index (κ2) is 6.84. The van der Waals surface area contributed by atoms with Crippen molar-refractivity contribution >= 4 is 0 Å². The Morgan fingerprint density at radius 2 is 2.15 bits per heavy atom. The van der Waals surface area contributed by atoms with Gasteiger partial charge in [0.1, 0.15) is 35.2 Å². The van der Waals surface area contributed by atoms with E-state index < -0.39 is 0 Å². The van der Waals surface area contributed by atoms with Crippen molar-refractivity contribution in [2.24, 2.45) is 0 Å². The molecule has 1 unspecified atom stereocenters. The third kappa shape index (κ3) is 3.48. The summed E-state index contributed by atoms with van der Waals surface area (Å²) in [4.78, 5) is 0. The molecular formula is C23H26O4. The number of hydrogen-bond donors (Lipinski definition) is 1. The van der Waals surface area contributed by atoms with E-state index in [1.807, 2.05) is 12.1 Å². The lowest BCUT2D eigenvalue weighted by atomic mass is 9.86. The van der Waals surface area contributed by atoms with Gasteiger partial charge in [-0.15, -0.1) is 0 Å². The van der Waals surface area contributed by atoms with Crippen molar-refractivity contribution in [1.82, 2.24) is 0 Å². The summed E-state index contributed by atoms with van der Waals surface area (Å²) >= 11 is 0. The molecule has 1 atom stereocenters. The highest BCUT2D eigenvalue weighted by Crippen LogP contribution is 2.44. The maximum Gasteiger partial charge on any atom is 0.129 e. The summed E-state index contributed by atoms with van der Waals surface area (Å²) in [5, 5.41) is 10.5. The van der Waals surface area contributed by atoms with E-state index in [1.165, 1.54) is 11.1 Å². The number of hydrogen-bond acceptors (Lipinski definition) is 4. The Bertz CT molecular complexity index is 869. The molecule has 2 aromatic rings. The van der Waals surface area contributed by atoms with E-state index >= 15 is 0 Å². The molecule has 0 fully saturated rings. The van der Waals surface area contributed by atoms with Gasteiger partial charge in [0.05, 0.1) is 6.61 Å². The van der Waals surface area contributed by atoms with E-state index in [-0.39, 0.29) is 17.3 Å². The van der Waals surface area contributed by atoms with Gasteiger partial charge < -0.3 is 19.3 Å². The average Bonchev–Trinajstić information content (AvgIpc) is 2.65. The molecule has 0 spiro atoms. The lowest BCUT2D eigenvalue weighted by molar-refractivity contribution is 0.0826. The maximum atomic E-state index is 10.5. The van der Waals surface area contributed by atoms with Crippen molar-refractivity contribution in [2.75, 3.05) is 13.2 Å². The molecule has 142 valence electrons. The molecule has 2 heterocycles. The summed E-state index contributed by atoms with van der Waals surface area (Å²) in [6, 6.07) is 9.64. The number of fused-ring (bicyclic) bond motifs is 3. The van der Waals surface area contributed by atoms with E-state index in [4.69, 9.17) is 14.2 Å². The monoisotopic (exact) mass is 366 g/mol. The molecule has 0 aliphatic carbocycles. The average molecular weight is 366 g/mol. The summed E-state index contributed by atoms with van der Waals surface area (Å²) in [5.74, 6) is 2.92. The van der Waals surface area contributed by atoms with Gasteiger partial charge in [-0.1, -0.05) is 24.8 Å². The molecule has 0 radical (unpaired) electrons. The van der Waals surface area contributed by atoms with E-state index in [9.17, 15) is 5.11 Å². The largest absolute Gasteiger partial charge is 0.508 e. The van der Waals surface area contributed by atoms with Gasteiger partial charge in [-0.05, 0) is 50.8 Å². The molecule has 0 bridgehead atoms. The molecule has 4 rings (SSSR count). The van der Waals surface area contributed by atoms with Crippen LogP contribution in [0.4, 0.5) is 0 Å². The molecule has 0 saturated carbocycles. The molecule has 4 nitrogen and oxygen atoms in total. The second-order valence-electron chi connectivity index (χ2n) is 7.92. The zero-order chi connectivity index (χ0) is 19.0. The maximum absolute atomic E-state index is 10.5. The molecule has 27 heavy (non-hydrogen) atoms. The first-order valence-corrected chi connectivity index (χ1v) is 9.50. The van der Waals surface area contributed by atoms with Crippen LogP contribution in [0.3, 0.4) is 0 Å². The van der Waals surface area contributed by atoms with Crippen molar-refractivity contribution in [1.29, 1.82) is 0 Å². The van der Waals surface area contributed by atoms with Crippen LogP contribution in [0.1, 0.15) is 42.9 Å². The molecule has 2 aromatic carbocycles. The fourth-order valence-corrected chi connectivity index (χ4v) is 3.93. The Hall–Kier alpha value is -2.62. The molecule has 0 saturated heterocycles. The number of rotatable bonds is 4. The lowest BCUT2D eigenvalue weighted by Crippen LogP contribution is -2.33. The van der Waals surface area contributed by atoms with Crippen LogP contribution in [0.5, 0.6) is 23.0 Å². The number of aromatic hydroxyl groups is 1. The Kier molecular flexibility index (Phi) is 4.50. The fourth-order valence-electron chi connectivity index (χ4n) is 3.93. The molecule has 1 N–H and O–H groups in total. The minimum atomic E-state index is -0.125. The van der Waals surface area contributed by atoms with Crippen LogP contribution in [0.25, 0.3) is 0 Å². The van der Waals surface area contributed by atoms with Gasteiger partial charge in [0.2, 0.25) is 0 Å². The van der Waals surface area contributed by atoms with Crippen LogP contribution in [-0.2, 0) is 12.8 Å². The predicted molar refractivity (Wildman–Crippen MR) is 105 cm³/mol. The highest BCUT2D eigenvalue weighted by molar-refractivity contribution is 5.54. The standard InChI is InChI=1S/C23H26O4/c1-4-11-25-17-6-7-18(20(24)13-17)16-12-15-5-8-21-19(22(15)26-14-16)9-10-23(2,3)27-21/h4-8,13,16,24H,1,9-12,14H2,2-3H3. The Balaban J connectivity index is 1.57. The molecule has 4 heteroatoms. The highest BCUT2D eigenvalue weighted by atomic mass is 16.5. The van der Waals surface area contributed by atoms with Crippen LogP contribution in [0.15, 0.2) is 43.0 Å². The van der Waals surface area contributed by atoms with Crippen molar-refractivity contribution < 1.29 is 19.3 Å². The van der Waals surface area contributed by atoms with Gasteiger partial charge in [0.15, 0.2) is 0 Å². The topological polar surface area (TPSA) is 47.9 Å². The van der Waals surface area contributed by atoms with Gasteiger partial charge in [-0.3, -0.25) is 0 Å². The number of phenolic OH excluding ortho intramolecular Hbond substituents is 1. The van der Waals surface area contributed by atoms with Gasteiger partial charge in [-0.2, -0.15) is 0 Å². The second-order valence-corrected chi connectivity index (χ2v) is 7.92. The van der Waals surface area contributed by atoms with Gasteiger partial charge in [0, 0.05) is 23.1 Å². The summed E-state index contributed by atoms with van der Waals surface area (Å²) in [6.07, 6.45) is 4.47. The first kappa shape index (κ1) is 17.8. The number of phenols is 1. The van der Waals surface area contributed by atoms with Crippen molar-refractivity contribution in [2.45, 2.75) is 44.6 Å². The smallest absolute Gasteiger partial charge is 0.129 e. The number of benzene rings is 2. The van der Waals surface area contributed by atoms with E-state index in [0.29, 0.717) is 19.0 Å². The Morgan fingerprint density at radius 3 is 2.93 bits per heavy atom. The molecule has 0 aromatic heterocycles. The summed E-state index contributed by atoms with van der Waals surface area (Å²) < 4.78 is 17.8. The Labute approximate surface area is 160 Å². The van der Waals surface area contributed by atoms with Crippen molar-refractivity contribution in [3.05, 3.63) is 59.7 Å². The molecule has 0 amide bonds. The first-order chi connectivity index (χ1) is 13.0. The van der Waals surface area contributed by atoms with E-state index in [2.05, 4.69) is 32.6 Å². The van der Waals surface area contributed by atoms with Crippen LogP contribution in [-0.4, -0.2) is 23.9 Å². The zero-order valence-corrected chi connectivity index (χ0v) is 16.0. The minimum Gasteiger partial charge on any atom is -0.508 e. The molecule has 2 aliphatic rings. The Morgan fingerprint density at radius 1 is 1.30 bits per heavy atom. The van der Waals surface area contributed by atoms with Crippen molar-refractivity contribution in [3.63, 3.8) is 0 Å². The summed E-state index contributed by atoms with van der Waals surface area (Å²) in [7, 11) is 0. The van der Waals surface area contributed by atoms with Crippen LogP contribution >= 0.6 is 0 Å².